The maximum Gasteiger partial charge on any atom is 0.433 e. The van der Waals surface area contributed by atoms with Crippen LogP contribution in [0.2, 0.25) is 0 Å². The molecule has 2 aromatic heterocycles. The van der Waals surface area contributed by atoms with Crippen LogP contribution in [0.4, 0.5) is 24.8 Å². The number of aliphatic hydroxyl groups excluding tert-OH is 1. The summed E-state index contributed by atoms with van der Waals surface area (Å²) in [5.74, 6) is -0.562. The Morgan fingerprint density at radius 2 is 1.86 bits per heavy atom. The van der Waals surface area contributed by atoms with Crippen LogP contribution in [0.25, 0.3) is 10.4 Å². The van der Waals surface area contributed by atoms with E-state index in [1.54, 1.807) is 18.3 Å². The van der Waals surface area contributed by atoms with Gasteiger partial charge in [-0.3, -0.25) is 4.79 Å². The van der Waals surface area contributed by atoms with Crippen LogP contribution in [0, 0.1) is 12.8 Å². The molecular weight excluding hydrogens is 579 g/mol. The number of anilines is 2. The van der Waals surface area contributed by atoms with Crippen molar-refractivity contribution < 1.29 is 28.2 Å². The number of carbonyl (C=O) groups is 1. The zero-order chi connectivity index (χ0) is 30.4. The van der Waals surface area contributed by atoms with E-state index in [0.717, 1.165) is 39.4 Å². The van der Waals surface area contributed by atoms with Crippen molar-refractivity contribution in [3.05, 3.63) is 88.3 Å². The van der Waals surface area contributed by atoms with Gasteiger partial charge in [-0.2, -0.15) is 13.2 Å². The smallest absolute Gasteiger partial charge is 0.390 e. The first-order valence-corrected chi connectivity index (χ1v) is 14.8. The zero-order valence-corrected chi connectivity index (χ0v) is 24.0. The molecule has 0 saturated heterocycles. The molecule has 2 aliphatic carbocycles. The van der Waals surface area contributed by atoms with Gasteiger partial charge in [0.25, 0.3) is 0 Å². The molecule has 1 amide bonds. The van der Waals surface area contributed by atoms with Gasteiger partial charge in [-0.05, 0) is 73.1 Å². The second kappa shape index (κ2) is 11.3. The quantitative estimate of drug-likeness (QED) is 0.217. The number of alkyl halides is 3. The van der Waals surface area contributed by atoms with E-state index < -0.39 is 29.6 Å². The molecule has 8 nitrogen and oxygen atoms in total. The van der Waals surface area contributed by atoms with E-state index in [-0.39, 0.29) is 17.8 Å². The number of hydrogen-bond acceptors (Lipinski definition) is 8. The number of aromatic nitrogens is 3. The second-order valence-corrected chi connectivity index (χ2v) is 12.3. The summed E-state index contributed by atoms with van der Waals surface area (Å²) in [5.41, 5.74) is 1.95. The molecule has 2 unspecified atom stereocenters. The van der Waals surface area contributed by atoms with Crippen LogP contribution in [0.3, 0.4) is 0 Å². The first-order chi connectivity index (χ1) is 20.5. The topological polar surface area (TPSA) is 120 Å². The third-order valence-corrected chi connectivity index (χ3v) is 9.39. The lowest BCUT2D eigenvalue weighted by Gasteiger charge is -2.34. The maximum atomic E-state index is 13.1. The van der Waals surface area contributed by atoms with Crippen molar-refractivity contribution in [3.8, 4) is 10.4 Å². The lowest BCUT2D eigenvalue weighted by atomic mass is 9.78. The van der Waals surface area contributed by atoms with Crippen molar-refractivity contribution in [1.82, 2.24) is 20.3 Å². The average Bonchev–Trinajstić information content (AvgIpc) is 3.59. The summed E-state index contributed by atoms with van der Waals surface area (Å²) in [5, 5.41) is 28.5. The average molecular weight is 610 g/mol. The Hall–Kier alpha value is -3.87. The predicted molar refractivity (Wildman–Crippen MR) is 155 cm³/mol. The van der Waals surface area contributed by atoms with E-state index in [9.17, 15) is 28.2 Å². The molecule has 43 heavy (non-hydrogen) atoms. The fraction of sp³-hybridized carbons (Fsp3) is 0.355. The van der Waals surface area contributed by atoms with Crippen LogP contribution in [-0.4, -0.2) is 37.2 Å². The van der Waals surface area contributed by atoms with Gasteiger partial charge in [0.05, 0.1) is 17.0 Å². The van der Waals surface area contributed by atoms with Crippen molar-refractivity contribution >= 4 is 28.9 Å². The van der Waals surface area contributed by atoms with Crippen molar-refractivity contribution in [2.75, 3.05) is 5.32 Å². The minimum Gasteiger partial charge on any atom is -0.390 e. The molecule has 4 N–H and O–H groups in total. The highest BCUT2D eigenvalue weighted by molar-refractivity contribution is 7.15. The fourth-order valence-electron chi connectivity index (χ4n) is 5.92. The van der Waals surface area contributed by atoms with Gasteiger partial charge in [0, 0.05) is 30.4 Å². The lowest BCUT2D eigenvalue weighted by Crippen LogP contribution is -2.41. The summed E-state index contributed by atoms with van der Waals surface area (Å²) in [6.45, 7) is 1.87. The number of nitrogens with one attached hydrogen (secondary N) is 2. The first kappa shape index (κ1) is 29.2. The Morgan fingerprint density at radius 1 is 1.09 bits per heavy atom. The summed E-state index contributed by atoms with van der Waals surface area (Å²) in [4.78, 5) is 25.9. The van der Waals surface area contributed by atoms with Gasteiger partial charge in [-0.25, -0.2) is 15.0 Å². The summed E-state index contributed by atoms with van der Waals surface area (Å²) in [6, 6.07) is 13.6. The zero-order valence-electron chi connectivity index (χ0n) is 23.2. The van der Waals surface area contributed by atoms with Crippen LogP contribution >= 0.6 is 11.3 Å². The van der Waals surface area contributed by atoms with Crippen LogP contribution in [0.1, 0.15) is 59.1 Å². The van der Waals surface area contributed by atoms with Gasteiger partial charge in [0.15, 0.2) is 0 Å². The number of hydrogen-bond donors (Lipinski definition) is 4. The summed E-state index contributed by atoms with van der Waals surface area (Å²) < 4.78 is 39.2. The largest absolute Gasteiger partial charge is 0.433 e. The molecule has 2 aliphatic rings. The molecule has 2 atom stereocenters. The molecule has 4 aromatic rings. The minimum absolute atomic E-state index is 0.118. The third-order valence-electron chi connectivity index (χ3n) is 8.15. The highest BCUT2D eigenvalue weighted by Gasteiger charge is 2.41. The SMILES string of the molecule is Cc1cc(Nc2nccc(C(F)(F)F)n2)cc(-c2cnc(C3(O)CCC(C(=O)NC4c5ccccc5CC4O)CC3)s2)c1. The number of benzene rings is 2. The number of aliphatic hydroxyl groups is 2. The molecule has 0 bridgehead atoms. The summed E-state index contributed by atoms with van der Waals surface area (Å²) in [6.07, 6.45) is -0.292. The number of rotatable bonds is 6. The van der Waals surface area contributed by atoms with Crippen LogP contribution < -0.4 is 10.6 Å². The van der Waals surface area contributed by atoms with Crippen molar-refractivity contribution in [2.45, 2.75) is 63.0 Å². The second-order valence-electron chi connectivity index (χ2n) is 11.3. The van der Waals surface area contributed by atoms with Crippen LogP contribution in [0.5, 0.6) is 0 Å². The van der Waals surface area contributed by atoms with E-state index >= 15 is 0 Å². The fourth-order valence-corrected chi connectivity index (χ4v) is 6.97. The van der Waals surface area contributed by atoms with E-state index in [4.69, 9.17) is 0 Å². The van der Waals surface area contributed by atoms with Crippen LogP contribution in [-0.2, 0) is 23.0 Å². The van der Waals surface area contributed by atoms with E-state index in [1.807, 2.05) is 37.3 Å². The highest BCUT2D eigenvalue weighted by atomic mass is 32.1. The van der Waals surface area contributed by atoms with Crippen molar-refractivity contribution in [1.29, 1.82) is 0 Å². The minimum atomic E-state index is -4.58. The molecule has 0 spiro atoms. The molecule has 2 aromatic carbocycles. The van der Waals surface area contributed by atoms with E-state index in [2.05, 4.69) is 25.6 Å². The standard InChI is InChI=1S/C31H30F3N5O3S/c1-17-12-20(14-21(13-17)37-29-35-11-8-25(38-29)31(32,33)34)24-16-36-28(43-24)30(42)9-6-18(7-10-30)27(41)39-26-22-5-3-2-4-19(22)15-23(26)40/h2-5,8,11-14,16,18,23,26,40,42H,6-7,9-10,15H2,1H3,(H,39,41)(H,35,37,38). The van der Waals surface area contributed by atoms with Gasteiger partial charge < -0.3 is 20.8 Å². The van der Waals surface area contributed by atoms with Gasteiger partial charge in [-0.15, -0.1) is 11.3 Å². The highest BCUT2D eigenvalue weighted by Crippen LogP contribution is 2.43. The van der Waals surface area contributed by atoms with Gasteiger partial charge >= 0.3 is 6.18 Å². The Balaban J connectivity index is 1.12. The van der Waals surface area contributed by atoms with E-state index in [1.165, 1.54) is 11.3 Å². The number of thiazole rings is 1. The Labute approximate surface area is 250 Å². The Bertz CT molecular complexity index is 1650. The summed E-state index contributed by atoms with van der Waals surface area (Å²) >= 11 is 1.35. The Morgan fingerprint density at radius 3 is 2.63 bits per heavy atom. The van der Waals surface area contributed by atoms with Gasteiger partial charge in [0.2, 0.25) is 11.9 Å². The molecule has 0 aliphatic heterocycles. The van der Waals surface area contributed by atoms with Crippen molar-refractivity contribution in [3.63, 3.8) is 0 Å². The Kier molecular flexibility index (Phi) is 7.69. The number of nitrogens with zero attached hydrogens (tertiary/aromatic N) is 3. The molecule has 224 valence electrons. The van der Waals surface area contributed by atoms with Crippen molar-refractivity contribution in [2.24, 2.45) is 5.92 Å². The number of fused-ring (bicyclic) bond motifs is 1. The van der Waals surface area contributed by atoms with Gasteiger partial charge in [0.1, 0.15) is 16.3 Å². The monoisotopic (exact) mass is 609 g/mol. The summed E-state index contributed by atoms with van der Waals surface area (Å²) in [7, 11) is 0. The molecule has 0 radical (unpaired) electrons. The molecule has 2 heterocycles. The predicted octanol–water partition coefficient (Wildman–Crippen LogP) is 5.82. The maximum absolute atomic E-state index is 13.1. The van der Waals surface area contributed by atoms with Crippen LogP contribution in [0.15, 0.2) is 60.9 Å². The normalized spacial score (nSPS) is 23.5. The molecular formula is C31H30F3N5O3S. The number of amides is 1. The molecule has 1 fully saturated rings. The van der Waals surface area contributed by atoms with E-state index in [0.29, 0.717) is 42.8 Å². The number of halogens is 3. The third kappa shape index (κ3) is 6.13. The number of carbonyl (C=O) groups excluding carboxylic acids is 1. The molecule has 1 saturated carbocycles. The van der Waals surface area contributed by atoms with Gasteiger partial charge in [-0.1, -0.05) is 30.3 Å². The molecule has 6 rings (SSSR count). The molecule has 12 heteroatoms. The number of aryl methyl sites for hydroxylation is 1. The first-order valence-electron chi connectivity index (χ1n) is 14.0. The lowest BCUT2D eigenvalue weighted by molar-refractivity contribution is -0.141.